The van der Waals surface area contributed by atoms with E-state index in [9.17, 15) is 4.39 Å². The van der Waals surface area contributed by atoms with Gasteiger partial charge in [0.25, 0.3) is 0 Å². The molecule has 0 saturated heterocycles. The Morgan fingerprint density at radius 1 is 1.19 bits per heavy atom. The zero-order valence-corrected chi connectivity index (χ0v) is 8.89. The van der Waals surface area contributed by atoms with Crippen LogP contribution < -0.4 is 0 Å². The minimum atomic E-state index is -0.214. The van der Waals surface area contributed by atoms with Crippen LogP contribution in [0.25, 0.3) is 17.1 Å². The molecule has 1 aromatic heterocycles. The van der Waals surface area contributed by atoms with Gasteiger partial charge < -0.3 is 0 Å². The first-order chi connectivity index (χ1) is 7.81. The number of allylic oxidation sites excluding steroid dienone is 1. The van der Waals surface area contributed by atoms with E-state index in [2.05, 4.69) is 9.97 Å². The highest BCUT2D eigenvalue weighted by molar-refractivity contribution is 5.65. The van der Waals surface area contributed by atoms with Gasteiger partial charge in [0.2, 0.25) is 0 Å². The Bertz CT molecular complexity index is 489. The standard InChI is InChI=1S/C13H11FN2/c1-2-12(14)10-3-5-11(6-4-10)13-7-8-15-9-16-13/h2-9H,1H3/b12-2-. The van der Waals surface area contributed by atoms with Crippen LogP contribution in [0.4, 0.5) is 4.39 Å². The van der Waals surface area contributed by atoms with Crippen molar-refractivity contribution in [3.05, 3.63) is 54.5 Å². The van der Waals surface area contributed by atoms with Gasteiger partial charge in [-0.15, -0.1) is 0 Å². The highest BCUT2D eigenvalue weighted by Crippen LogP contribution is 2.20. The molecule has 16 heavy (non-hydrogen) atoms. The molecule has 0 unspecified atom stereocenters. The van der Waals surface area contributed by atoms with Crippen LogP contribution in [0.2, 0.25) is 0 Å². The molecule has 0 fully saturated rings. The molecule has 2 rings (SSSR count). The summed E-state index contributed by atoms with van der Waals surface area (Å²) in [6.07, 6.45) is 4.62. The first-order valence-corrected chi connectivity index (χ1v) is 5.00. The molecule has 0 spiro atoms. The van der Waals surface area contributed by atoms with Gasteiger partial charge in [-0.2, -0.15) is 0 Å². The molecule has 0 radical (unpaired) electrons. The minimum Gasteiger partial charge on any atom is -0.245 e. The fraction of sp³-hybridized carbons (Fsp3) is 0.0769. The molecule has 0 atom stereocenters. The Labute approximate surface area is 93.5 Å². The molecule has 3 heteroatoms. The van der Waals surface area contributed by atoms with Gasteiger partial charge in [0.05, 0.1) is 5.69 Å². The lowest BCUT2D eigenvalue weighted by Crippen LogP contribution is -1.84. The van der Waals surface area contributed by atoms with E-state index < -0.39 is 0 Å². The van der Waals surface area contributed by atoms with Crippen molar-refractivity contribution in [1.29, 1.82) is 0 Å². The molecule has 1 aromatic carbocycles. The summed E-state index contributed by atoms with van der Waals surface area (Å²) in [6.45, 7) is 1.67. The second-order valence-electron chi connectivity index (χ2n) is 3.31. The van der Waals surface area contributed by atoms with E-state index in [1.165, 1.54) is 12.4 Å². The molecule has 0 aliphatic carbocycles. The van der Waals surface area contributed by atoms with Gasteiger partial charge in [0, 0.05) is 17.3 Å². The van der Waals surface area contributed by atoms with E-state index in [-0.39, 0.29) is 5.83 Å². The number of benzene rings is 1. The average molecular weight is 214 g/mol. The van der Waals surface area contributed by atoms with E-state index >= 15 is 0 Å². The summed E-state index contributed by atoms with van der Waals surface area (Å²) in [5.74, 6) is -0.214. The van der Waals surface area contributed by atoms with Crippen LogP contribution in [0.15, 0.2) is 48.9 Å². The molecular formula is C13H11FN2. The van der Waals surface area contributed by atoms with Crippen LogP contribution in [0, 0.1) is 0 Å². The maximum atomic E-state index is 13.2. The van der Waals surface area contributed by atoms with Gasteiger partial charge >= 0.3 is 0 Å². The van der Waals surface area contributed by atoms with Crippen LogP contribution in [0.3, 0.4) is 0 Å². The van der Waals surface area contributed by atoms with Crippen molar-refractivity contribution < 1.29 is 4.39 Å². The second kappa shape index (κ2) is 4.66. The van der Waals surface area contributed by atoms with E-state index in [1.807, 2.05) is 18.2 Å². The van der Waals surface area contributed by atoms with E-state index in [0.29, 0.717) is 5.56 Å². The first-order valence-electron chi connectivity index (χ1n) is 5.00. The summed E-state index contributed by atoms with van der Waals surface area (Å²) in [7, 11) is 0. The first kappa shape index (κ1) is 10.5. The quantitative estimate of drug-likeness (QED) is 0.764. The van der Waals surface area contributed by atoms with Gasteiger partial charge in [0.15, 0.2) is 0 Å². The Morgan fingerprint density at radius 3 is 2.50 bits per heavy atom. The molecule has 0 aliphatic heterocycles. The molecule has 1 heterocycles. The fourth-order valence-electron chi connectivity index (χ4n) is 1.43. The summed E-state index contributed by atoms with van der Waals surface area (Å²) >= 11 is 0. The monoisotopic (exact) mass is 214 g/mol. The molecular weight excluding hydrogens is 203 g/mol. The summed E-state index contributed by atoms with van der Waals surface area (Å²) in [5, 5.41) is 0. The van der Waals surface area contributed by atoms with Crippen molar-refractivity contribution in [3.8, 4) is 11.3 Å². The van der Waals surface area contributed by atoms with Crippen molar-refractivity contribution in [2.75, 3.05) is 0 Å². The normalized spacial score (nSPS) is 11.5. The molecule has 0 N–H and O–H groups in total. The van der Waals surface area contributed by atoms with Crippen molar-refractivity contribution in [2.24, 2.45) is 0 Å². The highest BCUT2D eigenvalue weighted by atomic mass is 19.1. The topological polar surface area (TPSA) is 25.8 Å². The Hall–Kier alpha value is -2.03. The summed E-state index contributed by atoms with van der Waals surface area (Å²) < 4.78 is 13.2. The predicted molar refractivity (Wildman–Crippen MR) is 62.2 cm³/mol. The maximum Gasteiger partial charge on any atom is 0.126 e. The number of nitrogens with zero attached hydrogens (tertiary/aromatic N) is 2. The minimum absolute atomic E-state index is 0.214. The fourth-order valence-corrected chi connectivity index (χ4v) is 1.43. The number of rotatable bonds is 2. The van der Waals surface area contributed by atoms with E-state index in [1.54, 1.807) is 25.3 Å². The molecule has 80 valence electrons. The van der Waals surface area contributed by atoms with E-state index in [0.717, 1.165) is 11.3 Å². The second-order valence-corrected chi connectivity index (χ2v) is 3.31. The average Bonchev–Trinajstić information content (AvgIpc) is 2.39. The molecule has 2 nitrogen and oxygen atoms in total. The van der Waals surface area contributed by atoms with Gasteiger partial charge in [-0.25, -0.2) is 14.4 Å². The summed E-state index contributed by atoms with van der Waals surface area (Å²) in [5.41, 5.74) is 2.37. The lowest BCUT2D eigenvalue weighted by atomic mass is 10.1. The molecule has 0 aliphatic rings. The number of aromatic nitrogens is 2. The van der Waals surface area contributed by atoms with Gasteiger partial charge in [-0.1, -0.05) is 30.3 Å². The van der Waals surface area contributed by atoms with Gasteiger partial charge in [0.1, 0.15) is 12.2 Å². The van der Waals surface area contributed by atoms with Crippen LogP contribution in [-0.2, 0) is 0 Å². The molecule has 0 amide bonds. The maximum absolute atomic E-state index is 13.2. The predicted octanol–water partition coefficient (Wildman–Crippen LogP) is 3.47. The van der Waals surface area contributed by atoms with Gasteiger partial charge in [-0.05, 0) is 13.0 Å². The highest BCUT2D eigenvalue weighted by Gasteiger charge is 2.01. The third-order valence-corrected chi connectivity index (χ3v) is 2.29. The van der Waals surface area contributed by atoms with Crippen LogP contribution in [0.5, 0.6) is 0 Å². The molecule has 0 bridgehead atoms. The lowest BCUT2D eigenvalue weighted by molar-refractivity contribution is 0.758. The SMILES string of the molecule is C/C=C(\F)c1ccc(-c2ccncn2)cc1. The lowest BCUT2D eigenvalue weighted by Gasteiger charge is -2.01. The van der Waals surface area contributed by atoms with Crippen LogP contribution >= 0.6 is 0 Å². The van der Waals surface area contributed by atoms with Gasteiger partial charge in [-0.3, -0.25) is 0 Å². The van der Waals surface area contributed by atoms with Crippen molar-refractivity contribution >= 4 is 5.83 Å². The van der Waals surface area contributed by atoms with Crippen molar-refractivity contribution in [2.45, 2.75) is 6.92 Å². The van der Waals surface area contributed by atoms with Crippen molar-refractivity contribution in [3.63, 3.8) is 0 Å². The Morgan fingerprint density at radius 2 is 1.94 bits per heavy atom. The third kappa shape index (κ3) is 2.14. The zero-order chi connectivity index (χ0) is 11.4. The zero-order valence-electron chi connectivity index (χ0n) is 8.89. The number of hydrogen-bond acceptors (Lipinski definition) is 2. The van der Waals surface area contributed by atoms with Crippen LogP contribution in [0.1, 0.15) is 12.5 Å². The molecule has 0 saturated carbocycles. The summed E-state index contributed by atoms with van der Waals surface area (Å²) in [4.78, 5) is 7.97. The number of hydrogen-bond donors (Lipinski definition) is 0. The Kier molecular flexibility index (Phi) is 3.05. The van der Waals surface area contributed by atoms with Crippen molar-refractivity contribution in [1.82, 2.24) is 9.97 Å². The largest absolute Gasteiger partial charge is 0.245 e. The van der Waals surface area contributed by atoms with E-state index in [4.69, 9.17) is 0 Å². The Balaban J connectivity index is 2.34. The smallest absolute Gasteiger partial charge is 0.126 e. The van der Waals surface area contributed by atoms with Crippen LogP contribution in [-0.4, -0.2) is 9.97 Å². The number of halogens is 1. The third-order valence-electron chi connectivity index (χ3n) is 2.29. The molecule has 2 aromatic rings. The summed E-state index contributed by atoms with van der Waals surface area (Å²) in [6, 6.07) is 9.00.